The second kappa shape index (κ2) is 11.5. The van der Waals surface area contributed by atoms with Gasteiger partial charge in [-0.2, -0.15) is 5.10 Å². The van der Waals surface area contributed by atoms with Crippen LogP contribution < -0.4 is 10.6 Å². The van der Waals surface area contributed by atoms with Gasteiger partial charge in [-0.25, -0.2) is 14.7 Å². The Balaban J connectivity index is 0.00000300. The molecule has 2 aromatic heterocycles. The Morgan fingerprint density at radius 2 is 1.83 bits per heavy atom. The van der Waals surface area contributed by atoms with Gasteiger partial charge in [0.05, 0.1) is 6.54 Å². The number of aliphatic imine (C=N–C) groups is 1. The van der Waals surface area contributed by atoms with Crippen molar-refractivity contribution in [3.63, 3.8) is 0 Å². The van der Waals surface area contributed by atoms with E-state index in [1.165, 1.54) is 16.7 Å². The van der Waals surface area contributed by atoms with Crippen LogP contribution in [0, 0.1) is 13.8 Å². The van der Waals surface area contributed by atoms with E-state index in [-0.39, 0.29) is 24.0 Å². The predicted octanol–water partition coefficient (Wildman–Crippen LogP) is 3.80. The average molecular weight is 504 g/mol. The summed E-state index contributed by atoms with van der Waals surface area (Å²) in [7, 11) is 0. The fraction of sp³-hybridized carbons (Fsp3) is 0.318. The molecule has 0 radical (unpaired) electrons. The molecule has 2 heterocycles. The van der Waals surface area contributed by atoms with E-state index in [0.717, 1.165) is 36.9 Å². The summed E-state index contributed by atoms with van der Waals surface area (Å²) in [5.74, 6) is 1.62. The first kappa shape index (κ1) is 22.9. The van der Waals surface area contributed by atoms with E-state index >= 15 is 0 Å². The number of guanidine groups is 1. The Morgan fingerprint density at radius 3 is 2.52 bits per heavy atom. The molecule has 3 rings (SSSR count). The van der Waals surface area contributed by atoms with Crippen LogP contribution >= 0.6 is 24.0 Å². The Kier molecular flexibility index (Phi) is 9.11. The number of rotatable bonds is 7. The van der Waals surface area contributed by atoms with Gasteiger partial charge in [0.25, 0.3) is 0 Å². The minimum atomic E-state index is 0. The quantitative estimate of drug-likeness (QED) is 0.292. The standard InChI is InChI=1S/C22H28N6.HI/c1-4-23-22(25-10-6-19-13-17(2)12-18(3)14-19)26-16-20-7-9-24-21(15-20)28-11-5-8-27-28;/h5,7-9,11-15H,4,6,10,16H2,1-3H3,(H2,23,25,26);1H. The molecule has 0 saturated heterocycles. The van der Waals surface area contributed by atoms with Gasteiger partial charge >= 0.3 is 0 Å². The van der Waals surface area contributed by atoms with E-state index in [4.69, 9.17) is 4.99 Å². The summed E-state index contributed by atoms with van der Waals surface area (Å²) in [6, 6.07) is 12.6. The zero-order valence-corrected chi connectivity index (χ0v) is 19.6. The Morgan fingerprint density at radius 1 is 1.03 bits per heavy atom. The highest BCUT2D eigenvalue weighted by Crippen LogP contribution is 2.09. The lowest BCUT2D eigenvalue weighted by Crippen LogP contribution is -2.38. The van der Waals surface area contributed by atoms with E-state index in [2.05, 4.69) is 59.7 Å². The third kappa shape index (κ3) is 7.16. The number of benzene rings is 1. The second-order valence-corrected chi connectivity index (χ2v) is 6.84. The SMILES string of the molecule is CCNC(=NCc1ccnc(-n2cccn2)c1)NCCc1cc(C)cc(C)c1.I. The van der Waals surface area contributed by atoms with Crippen molar-refractivity contribution in [3.05, 3.63) is 77.2 Å². The van der Waals surface area contributed by atoms with Gasteiger partial charge in [0.2, 0.25) is 0 Å². The lowest BCUT2D eigenvalue weighted by atomic mass is 10.1. The van der Waals surface area contributed by atoms with Crippen LogP contribution in [0.4, 0.5) is 0 Å². The van der Waals surface area contributed by atoms with Gasteiger partial charge in [-0.3, -0.25) is 0 Å². The molecule has 6 nitrogen and oxygen atoms in total. The van der Waals surface area contributed by atoms with Crippen molar-refractivity contribution in [2.75, 3.05) is 13.1 Å². The molecule has 0 atom stereocenters. The lowest BCUT2D eigenvalue weighted by Gasteiger charge is -2.12. The van der Waals surface area contributed by atoms with Crippen LogP contribution in [0.1, 0.15) is 29.2 Å². The first-order valence-electron chi connectivity index (χ1n) is 9.68. The van der Waals surface area contributed by atoms with Crippen molar-refractivity contribution < 1.29 is 0 Å². The number of hydrogen-bond acceptors (Lipinski definition) is 3. The number of aromatic nitrogens is 3. The van der Waals surface area contributed by atoms with Gasteiger partial charge in [-0.1, -0.05) is 29.3 Å². The molecule has 0 aliphatic rings. The number of nitrogens with zero attached hydrogens (tertiary/aromatic N) is 4. The third-order valence-corrected chi connectivity index (χ3v) is 4.30. The van der Waals surface area contributed by atoms with E-state index < -0.39 is 0 Å². The molecule has 0 aliphatic heterocycles. The normalized spacial score (nSPS) is 11.1. The maximum absolute atomic E-state index is 4.71. The molecular formula is C22H29IN6. The number of pyridine rings is 1. The highest BCUT2D eigenvalue weighted by molar-refractivity contribution is 14.0. The van der Waals surface area contributed by atoms with E-state index in [1.54, 1.807) is 17.1 Å². The summed E-state index contributed by atoms with van der Waals surface area (Å²) >= 11 is 0. The molecule has 154 valence electrons. The smallest absolute Gasteiger partial charge is 0.191 e. The molecule has 2 N–H and O–H groups in total. The molecule has 0 fully saturated rings. The predicted molar refractivity (Wildman–Crippen MR) is 129 cm³/mol. The molecule has 0 bridgehead atoms. The minimum absolute atomic E-state index is 0. The molecule has 0 spiro atoms. The number of halogens is 1. The van der Waals surface area contributed by atoms with E-state index in [0.29, 0.717) is 6.54 Å². The molecule has 0 saturated carbocycles. The molecule has 0 unspecified atom stereocenters. The summed E-state index contributed by atoms with van der Waals surface area (Å²) in [5.41, 5.74) is 5.05. The maximum Gasteiger partial charge on any atom is 0.191 e. The Labute approximate surface area is 189 Å². The molecule has 0 amide bonds. The van der Waals surface area contributed by atoms with Gasteiger partial charge in [0.15, 0.2) is 11.8 Å². The third-order valence-electron chi connectivity index (χ3n) is 4.30. The van der Waals surface area contributed by atoms with Crippen LogP contribution in [0.15, 0.2) is 60.0 Å². The van der Waals surface area contributed by atoms with Crippen molar-refractivity contribution >= 4 is 29.9 Å². The van der Waals surface area contributed by atoms with Gasteiger partial charge in [0.1, 0.15) is 0 Å². The Hall–Kier alpha value is -2.42. The summed E-state index contributed by atoms with van der Waals surface area (Å²) in [6.07, 6.45) is 6.39. The van der Waals surface area contributed by atoms with Gasteiger partial charge in [0, 0.05) is 31.7 Å². The molecule has 29 heavy (non-hydrogen) atoms. The van der Waals surface area contributed by atoms with Crippen LogP contribution in [0.3, 0.4) is 0 Å². The highest BCUT2D eigenvalue weighted by Gasteiger charge is 2.02. The van der Waals surface area contributed by atoms with E-state index in [9.17, 15) is 0 Å². The maximum atomic E-state index is 4.71. The monoisotopic (exact) mass is 504 g/mol. The van der Waals surface area contributed by atoms with Crippen molar-refractivity contribution in [1.82, 2.24) is 25.4 Å². The fourth-order valence-corrected chi connectivity index (χ4v) is 3.14. The summed E-state index contributed by atoms with van der Waals surface area (Å²) in [4.78, 5) is 9.07. The van der Waals surface area contributed by atoms with Crippen molar-refractivity contribution in [3.8, 4) is 5.82 Å². The van der Waals surface area contributed by atoms with Crippen molar-refractivity contribution in [2.45, 2.75) is 33.7 Å². The van der Waals surface area contributed by atoms with E-state index in [1.807, 2.05) is 24.4 Å². The van der Waals surface area contributed by atoms with Crippen molar-refractivity contribution in [2.24, 2.45) is 4.99 Å². The van der Waals surface area contributed by atoms with Gasteiger partial charge in [-0.15, -0.1) is 24.0 Å². The lowest BCUT2D eigenvalue weighted by molar-refractivity contribution is 0.797. The van der Waals surface area contributed by atoms with Gasteiger partial charge < -0.3 is 10.6 Å². The van der Waals surface area contributed by atoms with Crippen LogP contribution in [0.25, 0.3) is 5.82 Å². The van der Waals surface area contributed by atoms with Crippen LogP contribution in [-0.2, 0) is 13.0 Å². The minimum Gasteiger partial charge on any atom is -0.357 e. The number of hydrogen-bond donors (Lipinski definition) is 2. The second-order valence-electron chi connectivity index (χ2n) is 6.84. The summed E-state index contributed by atoms with van der Waals surface area (Å²) < 4.78 is 1.75. The van der Waals surface area contributed by atoms with Crippen LogP contribution in [0.5, 0.6) is 0 Å². The first-order valence-corrected chi connectivity index (χ1v) is 9.68. The number of nitrogens with one attached hydrogen (secondary N) is 2. The van der Waals surface area contributed by atoms with Crippen LogP contribution in [-0.4, -0.2) is 33.8 Å². The zero-order chi connectivity index (χ0) is 19.8. The first-order chi connectivity index (χ1) is 13.6. The largest absolute Gasteiger partial charge is 0.357 e. The summed E-state index contributed by atoms with van der Waals surface area (Å²) in [5, 5.41) is 11.0. The topological polar surface area (TPSA) is 67.1 Å². The molecular weight excluding hydrogens is 475 g/mol. The number of aryl methyl sites for hydroxylation is 2. The zero-order valence-electron chi connectivity index (χ0n) is 17.2. The molecule has 3 aromatic rings. The molecule has 0 aliphatic carbocycles. The highest BCUT2D eigenvalue weighted by atomic mass is 127. The Bertz CT molecular complexity index is 901. The molecule has 1 aromatic carbocycles. The van der Waals surface area contributed by atoms with Gasteiger partial charge in [-0.05, 0) is 56.5 Å². The summed E-state index contributed by atoms with van der Waals surface area (Å²) in [6.45, 7) is 8.59. The van der Waals surface area contributed by atoms with Crippen molar-refractivity contribution in [1.29, 1.82) is 0 Å². The fourth-order valence-electron chi connectivity index (χ4n) is 3.14. The molecule has 7 heteroatoms. The average Bonchev–Trinajstić information content (AvgIpc) is 3.20. The van der Waals surface area contributed by atoms with Crippen LogP contribution in [0.2, 0.25) is 0 Å².